The van der Waals surface area contributed by atoms with Gasteiger partial charge in [0.2, 0.25) is 0 Å². The first kappa shape index (κ1) is 12.2. The van der Waals surface area contributed by atoms with E-state index in [-0.39, 0.29) is 6.10 Å². The molecule has 1 aliphatic rings. The molecule has 86 valence electrons. The second kappa shape index (κ2) is 5.91. The lowest BCUT2D eigenvalue weighted by Gasteiger charge is -2.24. The molecule has 1 saturated carbocycles. The number of hydrogen-bond donors (Lipinski definition) is 2. The highest BCUT2D eigenvalue weighted by atomic mass is 16.4. The van der Waals surface area contributed by atoms with Crippen LogP contribution in [0, 0.1) is 5.92 Å². The fourth-order valence-electron chi connectivity index (χ4n) is 2.17. The standard InChI is InChI=1S/C12H20O3/c1-2-10(12(14)15)7-6-9-4-3-5-11(13)8-9/h7,9,11,13H,2-6,8H2,1H3,(H,14,15). The first-order valence-corrected chi connectivity index (χ1v) is 5.73. The van der Waals surface area contributed by atoms with Gasteiger partial charge < -0.3 is 10.2 Å². The summed E-state index contributed by atoms with van der Waals surface area (Å²) < 4.78 is 0. The normalized spacial score (nSPS) is 27.7. The Morgan fingerprint density at radius 2 is 2.20 bits per heavy atom. The lowest BCUT2D eigenvalue weighted by atomic mass is 9.85. The molecule has 2 N–H and O–H groups in total. The zero-order valence-electron chi connectivity index (χ0n) is 9.28. The van der Waals surface area contributed by atoms with Gasteiger partial charge in [-0.3, -0.25) is 0 Å². The smallest absolute Gasteiger partial charge is 0.331 e. The van der Waals surface area contributed by atoms with Crippen molar-refractivity contribution in [2.75, 3.05) is 0 Å². The van der Waals surface area contributed by atoms with Crippen LogP contribution in [0.3, 0.4) is 0 Å². The van der Waals surface area contributed by atoms with Crippen molar-refractivity contribution in [2.45, 2.75) is 51.6 Å². The molecule has 0 aromatic rings. The van der Waals surface area contributed by atoms with Crippen molar-refractivity contribution in [1.82, 2.24) is 0 Å². The summed E-state index contributed by atoms with van der Waals surface area (Å²) >= 11 is 0. The predicted octanol–water partition coefficient (Wildman–Crippen LogP) is 2.35. The molecule has 0 aromatic carbocycles. The molecule has 3 heteroatoms. The maximum Gasteiger partial charge on any atom is 0.331 e. The number of allylic oxidation sites excluding steroid dienone is 1. The second-order valence-corrected chi connectivity index (χ2v) is 4.31. The molecule has 0 bridgehead atoms. The maximum atomic E-state index is 10.7. The monoisotopic (exact) mass is 212 g/mol. The lowest BCUT2D eigenvalue weighted by Crippen LogP contribution is -2.19. The van der Waals surface area contributed by atoms with Crippen molar-refractivity contribution >= 4 is 5.97 Å². The van der Waals surface area contributed by atoms with Gasteiger partial charge in [-0.15, -0.1) is 0 Å². The third-order valence-corrected chi connectivity index (χ3v) is 3.11. The molecule has 1 fully saturated rings. The largest absolute Gasteiger partial charge is 0.478 e. The van der Waals surface area contributed by atoms with Crippen LogP contribution in [0.25, 0.3) is 0 Å². The molecule has 0 aliphatic heterocycles. The lowest BCUT2D eigenvalue weighted by molar-refractivity contribution is -0.132. The van der Waals surface area contributed by atoms with E-state index in [4.69, 9.17) is 5.11 Å². The average molecular weight is 212 g/mol. The third-order valence-electron chi connectivity index (χ3n) is 3.11. The van der Waals surface area contributed by atoms with Crippen LogP contribution in [0.4, 0.5) is 0 Å². The predicted molar refractivity (Wildman–Crippen MR) is 58.6 cm³/mol. The topological polar surface area (TPSA) is 57.5 Å². The van der Waals surface area contributed by atoms with Gasteiger partial charge in [-0.25, -0.2) is 4.79 Å². The summed E-state index contributed by atoms with van der Waals surface area (Å²) in [5.41, 5.74) is 0.495. The third kappa shape index (κ3) is 4.04. The molecule has 2 unspecified atom stereocenters. The first-order chi connectivity index (χ1) is 7.13. The van der Waals surface area contributed by atoms with E-state index in [0.717, 1.165) is 32.1 Å². The zero-order valence-corrected chi connectivity index (χ0v) is 9.28. The van der Waals surface area contributed by atoms with Crippen LogP contribution in [-0.4, -0.2) is 22.3 Å². The number of rotatable bonds is 4. The Bertz CT molecular complexity index is 245. The number of hydrogen-bond acceptors (Lipinski definition) is 2. The van der Waals surface area contributed by atoms with E-state index in [1.54, 1.807) is 0 Å². The molecule has 15 heavy (non-hydrogen) atoms. The molecular formula is C12H20O3. The van der Waals surface area contributed by atoms with E-state index in [9.17, 15) is 9.90 Å². The van der Waals surface area contributed by atoms with Crippen molar-refractivity contribution in [2.24, 2.45) is 5.92 Å². The zero-order chi connectivity index (χ0) is 11.3. The Labute approximate surface area is 90.8 Å². The summed E-state index contributed by atoms with van der Waals surface area (Å²) in [4.78, 5) is 10.7. The quantitative estimate of drug-likeness (QED) is 0.703. The van der Waals surface area contributed by atoms with E-state index in [1.165, 1.54) is 0 Å². The van der Waals surface area contributed by atoms with Gasteiger partial charge in [0.05, 0.1) is 6.10 Å². The summed E-state index contributed by atoms with van der Waals surface area (Å²) in [5.74, 6) is -0.344. The molecule has 0 saturated heterocycles. The van der Waals surface area contributed by atoms with E-state index in [0.29, 0.717) is 17.9 Å². The molecule has 1 rings (SSSR count). The molecule has 0 radical (unpaired) electrons. The summed E-state index contributed by atoms with van der Waals surface area (Å²) in [5, 5.41) is 18.3. The molecule has 0 amide bonds. The fourth-order valence-corrected chi connectivity index (χ4v) is 2.17. The Hall–Kier alpha value is -0.830. The molecule has 3 nitrogen and oxygen atoms in total. The van der Waals surface area contributed by atoms with Gasteiger partial charge in [0, 0.05) is 5.57 Å². The number of carbonyl (C=O) groups is 1. The van der Waals surface area contributed by atoms with Crippen LogP contribution in [-0.2, 0) is 4.79 Å². The molecule has 2 atom stereocenters. The SMILES string of the molecule is CCC(=CCC1CCCC(O)C1)C(=O)O. The summed E-state index contributed by atoms with van der Waals surface area (Å²) in [6.07, 6.45) is 6.93. The van der Waals surface area contributed by atoms with Crippen molar-refractivity contribution in [3.8, 4) is 0 Å². The fraction of sp³-hybridized carbons (Fsp3) is 0.750. The van der Waals surface area contributed by atoms with E-state index < -0.39 is 5.97 Å². The Morgan fingerprint density at radius 3 is 2.73 bits per heavy atom. The van der Waals surface area contributed by atoms with Crippen molar-refractivity contribution in [3.63, 3.8) is 0 Å². The van der Waals surface area contributed by atoms with Gasteiger partial charge in [0.25, 0.3) is 0 Å². The molecule has 0 aromatic heterocycles. The number of aliphatic carboxylic acids is 1. The van der Waals surface area contributed by atoms with Crippen LogP contribution in [0.15, 0.2) is 11.6 Å². The van der Waals surface area contributed by atoms with Crippen LogP contribution >= 0.6 is 0 Å². The highest BCUT2D eigenvalue weighted by molar-refractivity contribution is 5.86. The second-order valence-electron chi connectivity index (χ2n) is 4.31. The van der Waals surface area contributed by atoms with Crippen LogP contribution in [0.5, 0.6) is 0 Å². The van der Waals surface area contributed by atoms with Gasteiger partial charge in [0.1, 0.15) is 0 Å². The van der Waals surface area contributed by atoms with Gasteiger partial charge in [-0.05, 0) is 38.0 Å². The van der Waals surface area contributed by atoms with Crippen LogP contribution < -0.4 is 0 Å². The Morgan fingerprint density at radius 1 is 1.47 bits per heavy atom. The van der Waals surface area contributed by atoms with Gasteiger partial charge in [-0.2, -0.15) is 0 Å². The summed E-state index contributed by atoms with van der Waals surface area (Å²) in [7, 11) is 0. The molecule has 1 aliphatic carbocycles. The average Bonchev–Trinajstić information content (AvgIpc) is 2.18. The van der Waals surface area contributed by atoms with E-state index in [2.05, 4.69) is 0 Å². The highest BCUT2D eigenvalue weighted by Gasteiger charge is 2.19. The molecular weight excluding hydrogens is 192 g/mol. The minimum atomic E-state index is -0.811. The minimum Gasteiger partial charge on any atom is -0.478 e. The minimum absolute atomic E-state index is 0.174. The van der Waals surface area contributed by atoms with Crippen molar-refractivity contribution in [3.05, 3.63) is 11.6 Å². The molecule has 0 heterocycles. The Balaban J connectivity index is 2.43. The number of aliphatic hydroxyl groups excluding tert-OH is 1. The maximum absolute atomic E-state index is 10.7. The van der Waals surface area contributed by atoms with Crippen LogP contribution in [0.2, 0.25) is 0 Å². The van der Waals surface area contributed by atoms with Crippen molar-refractivity contribution in [1.29, 1.82) is 0 Å². The van der Waals surface area contributed by atoms with E-state index >= 15 is 0 Å². The number of aliphatic hydroxyl groups is 1. The summed E-state index contributed by atoms with van der Waals surface area (Å²) in [6.45, 7) is 1.86. The van der Waals surface area contributed by atoms with Crippen LogP contribution in [0.1, 0.15) is 45.4 Å². The first-order valence-electron chi connectivity index (χ1n) is 5.73. The van der Waals surface area contributed by atoms with Gasteiger partial charge in [-0.1, -0.05) is 19.4 Å². The molecule has 0 spiro atoms. The Kier molecular flexibility index (Phi) is 4.82. The number of carboxylic acid groups (broad SMARTS) is 1. The van der Waals surface area contributed by atoms with Gasteiger partial charge >= 0.3 is 5.97 Å². The van der Waals surface area contributed by atoms with Crippen molar-refractivity contribution < 1.29 is 15.0 Å². The highest BCUT2D eigenvalue weighted by Crippen LogP contribution is 2.27. The summed E-state index contributed by atoms with van der Waals surface area (Å²) in [6, 6.07) is 0. The number of carboxylic acids is 1. The van der Waals surface area contributed by atoms with Gasteiger partial charge in [0.15, 0.2) is 0 Å². The van der Waals surface area contributed by atoms with E-state index in [1.807, 2.05) is 13.0 Å².